The van der Waals surface area contributed by atoms with Gasteiger partial charge in [-0.3, -0.25) is 0 Å². The summed E-state index contributed by atoms with van der Waals surface area (Å²) in [7, 11) is 1.64. The zero-order chi connectivity index (χ0) is 16.5. The average molecular weight is 319 g/mol. The molecule has 4 aromatic rings. The van der Waals surface area contributed by atoms with Crippen molar-refractivity contribution in [2.45, 2.75) is 0 Å². The molecule has 4 rings (SSSR count). The molecule has 0 atom stereocenters. The number of nitrogens with zero attached hydrogens (tertiary/aromatic N) is 3. The highest BCUT2D eigenvalue weighted by atomic mass is 19.1. The van der Waals surface area contributed by atoms with Gasteiger partial charge in [0, 0.05) is 23.4 Å². The molecule has 118 valence electrons. The van der Waals surface area contributed by atoms with Crippen LogP contribution in [0.3, 0.4) is 0 Å². The highest BCUT2D eigenvalue weighted by molar-refractivity contribution is 5.68. The monoisotopic (exact) mass is 319 g/mol. The van der Waals surface area contributed by atoms with Crippen LogP contribution in [-0.2, 0) is 0 Å². The maximum Gasteiger partial charge on any atom is 0.156 e. The second-order valence-electron chi connectivity index (χ2n) is 5.37. The molecule has 0 amide bonds. The lowest BCUT2D eigenvalue weighted by atomic mass is 10.1. The molecule has 0 saturated heterocycles. The average Bonchev–Trinajstić information content (AvgIpc) is 3.07. The molecule has 2 heterocycles. The molecule has 2 aromatic carbocycles. The van der Waals surface area contributed by atoms with Crippen LogP contribution in [0.5, 0.6) is 5.75 Å². The first kappa shape index (κ1) is 14.4. The molecule has 0 aliphatic heterocycles. The van der Waals surface area contributed by atoms with Gasteiger partial charge < -0.3 is 4.74 Å². The summed E-state index contributed by atoms with van der Waals surface area (Å²) in [6.07, 6.45) is 1.73. The third kappa shape index (κ3) is 2.50. The van der Waals surface area contributed by atoms with Crippen molar-refractivity contribution in [3.8, 4) is 28.3 Å². The van der Waals surface area contributed by atoms with Crippen LogP contribution in [0.15, 0.2) is 66.9 Å². The highest BCUT2D eigenvalue weighted by Gasteiger charge is 2.10. The Hall–Kier alpha value is -3.21. The number of hydrogen-bond donors (Lipinski definition) is 0. The van der Waals surface area contributed by atoms with E-state index >= 15 is 0 Å². The topological polar surface area (TPSA) is 39.4 Å². The lowest BCUT2D eigenvalue weighted by Crippen LogP contribution is -1.95. The highest BCUT2D eigenvalue weighted by Crippen LogP contribution is 2.25. The van der Waals surface area contributed by atoms with E-state index in [9.17, 15) is 4.39 Å². The molecular formula is C19H14FN3O. The van der Waals surface area contributed by atoms with Gasteiger partial charge in [0.15, 0.2) is 5.65 Å². The van der Waals surface area contributed by atoms with Crippen molar-refractivity contribution < 1.29 is 9.13 Å². The van der Waals surface area contributed by atoms with Crippen molar-refractivity contribution in [1.29, 1.82) is 0 Å². The molecule has 2 aromatic heterocycles. The first-order valence-corrected chi connectivity index (χ1v) is 7.50. The quantitative estimate of drug-likeness (QED) is 0.568. The second-order valence-corrected chi connectivity index (χ2v) is 5.37. The number of hydrogen-bond acceptors (Lipinski definition) is 3. The molecule has 0 bridgehead atoms. The van der Waals surface area contributed by atoms with Crippen LogP contribution >= 0.6 is 0 Å². The fourth-order valence-corrected chi connectivity index (χ4v) is 2.64. The van der Waals surface area contributed by atoms with Crippen molar-refractivity contribution in [3.05, 3.63) is 72.7 Å². The number of fused-ring (bicyclic) bond motifs is 1. The summed E-state index contributed by atoms with van der Waals surface area (Å²) in [6.45, 7) is 0. The molecule has 0 saturated carbocycles. The predicted molar refractivity (Wildman–Crippen MR) is 90.4 cm³/mol. The van der Waals surface area contributed by atoms with E-state index in [1.807, 2.05) is 36.4 Å². The van der Waals surface area contributed by atoms with Gasteiger partial charge in [-0.15, -0.1) is 0 Å². The molecule has 0 radical (unpaired) electrons. The Morgan fingerprint density at radius 3 is 2.33 bits per heavy atom. The Balaban J connectivity index is 1.83. The zero-order valence-electron chi connectivity index (χ0n) is 13.0. The Kier molecular flexibility index (Phi) is 3.46. The predicted octanol–water partition coefficient (Wildman–Crippen LogP) is 4.21. The normalized spacial score (nSPS) is 10.9. The number of ether oxygens (including phenoxy) is 1. The van der Waals surface area contributed by atoms with Crippen molar-refractivity contribution in [3.63, 3.8) is 0 Å². The molecular weight excluding hydrogens is 305 g/mol. The number of benzene rings is 2. The Labute approximate surface area is 138 Å². The van der Waals surface area contributed by atoms with E-state index in [1.165, 1.54) is 12.1 Å². The summed E-state index contributed by atoms with van der Waals surface area (Å²) in [5.41, 5.74) is 4.28. The SMILES string of the molecule is COc1ccc(-c2cc3nccc(-c4ccc(F)cc4)n3n2)cc1. The van der Waals surface area contributed by atoms with Crippen LogP contribution in [0.25, 0.3) is 28.2 Å². The molecule has 0 fully saturated rings. The van der Waals surface area contributed by atoms with E-state index in [4.69, 9.17) is 4.74 Å². The van der Waals surface area contributed by atoms with Gasteiger partial charge in [0.2, 0.25) is 0 Å². The van der Waals surface area contributed by atoms with Gasteiger partial charge in [0.1, 0.15) is 11.6 Å². The largest absolute Gasteiger partial charge is 0.497 e. The van der Waals surface area contributed by atoms with Gasteiger partial charge in [0.25, 0.3) is 0 Å². The first-order chi connectivity index (χ1) is 11.7. The molecule has 0 aliphatic carbocycles. The van der Waals surface area contributed by atoms with Gasteiger partial charge >= 0.3 is 0 Å². The van der Waals surface area contributed by atoms with Crippen molar-refractivity contribution in [2.24, 2.45) is 0 Å². The van der Waals surface area contributed by atoms with Gasteiger partial charge in [-0.2, -0.15) is 5.10 Å². The zero-order valence-corrected chi connectivity index (χ0v) is 13.0. The maximum absolute atomic E-state index is 13.2. The molecule has 0 aliphatic rings. The summed E-state index contributed by atoms with van der Waals surface area (Å²) in [5.74, 6) is 0.538. The van der Waals surface area contributed by atoms with Crippen molar-refractivity contribution in [2.75, 3.05) is 7.11 Å². The lowest BCUT2D eigenvalue weighted by molar-refractivity contribution is 0.415. The second kappa shape index (κ2) is 5.77. The summed E-state index contributed by atoms with van der Waals surface area (Å²) in [4.78, 5) is 4.37. The molecule has 0 unspecified atom stereocenters. The van der Waals surface area contributed by atoms with Gasteiger partial charge in [-0.05, 0) is 54.6 Å². The van der Waals surface area contributed by atoms with E-state index in [2.05, 4.69) is 10.1 Å². The van der Waals surface area contributed by atoms with Crippen molar-refractivity contribution in [1.82, 2.24) is 14.6 Å². The number of rotatable bonds is 3. The van der Waals surface area contributed by atoms with E-state index in [0.717, 1.165) is 33.9 Å². The van der Waals surface area contributed by atoms with E-state index < -0.39 is 0 Å². The summed E-state index contributed by atoms with van der Waals surface area (Å²) < 4.78 is 20.1. The van der Waals surface area contributed by atoms with Crippen molar-refractivity contribution >= 4 is 5.65 Å². The molecule has 0 N–H and O–H groups in total. The summed E-state index contributed by atoms with van der Waals surface area (Å²) in [5, 5.41) is 4.66. The summed E-state index contributed by atoms with van der Waals surface area (Å²) >= 11 is 0. The van der Waals surface area contributed by atoms with Gasteiger partial charge in [-0.25, -0.2) is 13.9 Å². The van der Waals surface area contributed by atoms with Crippen LogP contribution < -0.4 is 4.74 Å². The number of aromatic nitrogens is 3. The Morgan fingerprint density at radius 2 is 1.62 bits per heavy atom. The van der Waals surface area contributed by atoms with Gasteiger partial charge in [-0.1, -0.05) is 0 Å². The smallest absolute Gasteiger partial charge is 0.156 e. The number of halogens is 1. The van der Waals surface area contributed by atoms with Crippen LogP contribution in [-0.4, -0.2) is 21.7 Å². The fourth-order valence-electron chi connectivity index (χ4n) is 2.64. The van der Waals surface area contributed by atoms with Crippen LogP contribution in [0, 0.1) is 5.82 Å². The Morgan fingerprint density at radius 1 is 0.917 bits per heavy atom. The van der Waals surface area contributed by atoms with Crippen LogP contribution in [0.4, 0.5) is 4.39 Å². The Bertz CT molecular complexity index is 991. The molecule has 4 nitrogen and oxygen atoms in total. The van der Waals surface area contributed by atoms with Gasteiger partial charge in [0.05, 0.1) is 18.5 Å². The third-order valence-corrected chi connectivity index (χ3v) is 3.88. The first-order valence-electron chi connectivity index (χ1n) is 7.50. The summed E-state index contributed by atoms with van der Waals surface area (Å²) in [6, 6.07) is 17.8. The number of methoxy groups -OCH3 is 1. The minimum Gasteiger partial charge on any atom is -0.497 e. The standard InChI is InChI=1S/C19H14FN3O/c1-24-16-8-4-13(5-9-16)17-12-19-21-11-10-18(23(19)22-17)14-2-6-15(20)7-3-14/h2-12H,1H3. The molecule has 24 heavy (non-hydrogen) atoms. The van der Waals surface area contributed by atoms with E-state index in [0.29, 0.717) is 0 Å². The maximum atomic E-state index is 13.2. The third-order valence-electron chi connectivity index (χ3n) is 3.88. The minimum absolute atomic E-state index is 0.261. The molecule has 0 spiro atoms. The van der Waals surface area contributed by atoms with E-state index in [-0.39, 0.29) is 5.82 Å². The molecule has 5 heteroatoms. The van der Waals surface area contributed by atoms with Crippen LogP contribution in [0.2, 0.25) is 0 Å². The fraction of sp³-hybridized carbons (Fsp3) is 0.0526. The lowest BCUT2D eigenvalue weighted by Gasteiger charge is -2.04. The van der Waals surface area contributed by atoms with E-state index in [1.54, 1.807) is 30.0 Å². The van der Waals surface area contributed by atoms with Crippen LogP contribution in [0.1, 0.15) is 0 Å². The minimum atomic E-state index is -0.261.